The van der Waals surface area contributed by atoms with Crippen LogP contribution in [0.5, 0.6) is 0 Å². The van der Waals surface area contributed by atoms with Gasteiger partial charge in [0.2, 0.25) is 0 Å². The molecule has 0 aromatic carbocycles. The van der Waals surface area contributed by atoms with E-state index in [-0.39, 0.29) is 18.4 Å². The summed E-state index contributed by atoms with van der Waals surface area (Å²) < 4.78 is 1.96. The molecule has 106 valence electrons. The lowest BCUT2D eigenvalue weighted by molar-refractivity contribution is 0.691. The van der Waals surface area contributed by atoms with E-state index < -0.39 is 0 Å². The second kappa shape index (κ2) is 4.57. The third kappa shape index (κ3) is 2.03. The molecule has 0 amide bonds. The summed E-state index contributed by atoms with van der Waals surface area (Å²) in [5.41, 5.74) is 11.0. The van der Waals surface area contributed by atoms with Crippen LogP contribution in [-0.2, 0) is 11.8 Å². The van der Waals surface area contributed by atoms with Gasteiger partial charge < -0.3 is 5.73 Å². The van der Waals surface area contributed by atoms with E-state index in [1.807, 2.05) is 16.9 Å². The molecule has 4 nitrogen and oxygen atoms in total. The van der Waals surface area contributed by atoms with Crippen LogP contribution >= 0.6 is 12.4 Å². The number of hydrogen-bond acceptors (Lipinski definition) is 3. The van der Waals surface area contributed by atoms with Crippen molar-refractivity contribution in [3.05, 3.63) is 41.5 Å². The molecule has 1 saturated carbocycles. The Morgan fingerprint density at radius 2 is 2.20 bits per heavy atom. The molecule has 20 heavy (non-hydrogen) atoms. The molecular weight excluding hydrogens is 272 g/mol. The number of pyridine rings is 1. The zero-order valence-corrected chi connectivity index (χ0v) is 12.4. The fourth-order valence-electron chi connectivity index (χ4n) is 2.84. The summed E-state index contributed by atoms with van der Waals surface area (Å²) >= 11 is 0. The number of hydrogen-bond donors (Lipinski definition) is 1. The molecule has 0 radical (unpaired) electrons. The van der Waals surface area contributed by atoms with Gasteiger partial charge in [-0.2, -0.15) is 5.10 Å². The zero-order valence-electron chi connectivity index (χ0n) is 11.5. The van der Waals surface area contributed by atoms with E-state index in [1.165, 1.54) is 24.1 Å². The summed E-state index contributed by atoms with van der Waals surface area (Å²) in [6.45, 7) is 2.28. The van der Waals surface area contributed by atoms with Crippen LogP contribution in [0.3, 0.4) is 0 Å². The maximum atomic E-state index is 6.08. The summed E-state index contributed by atoms with van der Waals surface area (Å²) in [7, 11) is 0. The summed E-state index contributed by atoms with van der Waals surface area (Å²) in [6, 6.07) is 4.34. The van der Waals surface area contributed by atoms with Crippen LogP contribution in [0.25, 0.3) is 5.69 Å². The molecule has 2 aromatic heterocycles. The van der Waals surface area contributed by atoms with Gasteiger partial charge in [0.1, 0.15) is 0 Å². The molecule has 0 aliphatic heterocycles. The fraction of sp³-hybridized carbons (Fsp3) is 0.467. The molecule has 4 rings (SSSR count). The molecule has 2 N–H and O–H groups in total. The molecule has 1 atom stereocenters. The Bertz CT molecular complexity index is 645. The van der Waals surface area contributed by atoms with Crippen molar-refractivity contribution in [1.29, 1.82) is 0 Å². The van der Waals surface area contributed by atoms with Crippen molar-refractivity contribution in [3.63, 3.8) is 0 Å². The van der Waals surface area contributed by atoms with Gasteiger partial charge in [-0.25, -0.2) is 4.68 Å². The maximum absolute atomic E-state index is 6.08. The van der Waals surface area contributed by atoms with Gasteiger partial charge in [-0.15, -0.1) is 12.4 Å². The van der Waals surface area contributed by atoms with Crippen LogP contribution in [0.1, 0.15) is 49.2 Å². The SMILES string of the molecule is CC1(c2cc(-n3cc4c(n3)CCC4N)ccn2)CC1.Cl. The predicted molar refractivity (Wildman–Crippen MR) is 80.4 cm³/mol. The molecule has 0 bridgehead atoms. The highest BCUT2D eigenvalue weighted by molar-refractivity contribution is 5.85. The molecule has 1 fully saturated rings. The average molecular weight is 291 g/mol. The lowest BCUT2D eigenvalue weighted by atomic mass is 10.0. The van der Waals surface area contributed by atoms with Crippen LogP contribution in [0.15, 0.2) is 24.5 Å². The largest absolute Gasteiger partial charge is 0.324 e. The standard InChI is InChI=1S/C15H18N4.ClH/c1-15(5-6-15)14-8-10(4-7-17-14)19-9-11-12(16)2-3-13(11)18-19;/h4,7-9,12H,2-3,5-6,16H2,1H3;1H. The second-order valence-electron chi connectivity index (χ2n) is 6.08. The van der Waals surface area contributed by atoms with Crippen LogP contribution in [0, 0.1) is 0 Å². The molecular formula is C15H19ClN4. The Balaban J connectivity index is 0.00000121. The number of aryl methyl sites for hydroxylation is 1. The Labute approximate surface area is 124 Å². The van der Waals surface area contributed by atoms with E-state index in [1.54, 1.807) is 0 Å². The minimum atomic E-state index is 0. The topological polar surface area (TPSA) is 56.7 Å². The first kappa shape index (κ1) is 13.6. The summed E-state index contributed by atoms with van der Waals surface area (Å²) in [6.07, 6.45) is 8.48. The molecule has 5 heteroatoms. The third-order valence-corrected chi connectivity index (χ3v) is 4.54. The van der Waals surface area contributed by atoms with Gasteiger partial charge in [0.05, 0.1) is 11.4 Å². The molecule has 0 saturated heterocycles. The molecule has 2 aliphatic rings. The molecule has 2 heterocycles. The number of fused-ring (bicyclic) bond motifs is 1. The summed E-state index contributed by atoms with van der Waals surface area (Å²) in [5, 5.41) is 4.66. The van der Waals surface area contributed by atoms with Crippen molar-refractivity contribution in [3.8, 4) is 5.69 Å². The van der Waals surface area contributed by atoms with Crippen LogP contribution < -0.4 is 5.73 Å². The zero-order chi connectivity index (χ0) is 13.0. The second-order valence-corrected chi connectivity index (χ2v) is 6.08. The maximum Gasteiger partial charge on any atom is 0.0679 e. The van der Waals surface area contributed by atoms with E-state index >= 15 is 0 Å². The molecule has 2 aromatic rings. The molecule has 2 aliphatic carbocycles. The first-order valence-electron chi connectivity index (χ1n) is 6.97. The normalized spacial score (nSPS) is 22.2. The first-order chi connectivity index (χ1) is 9.16. The Morgan fingerprint density at radius 1 is 1.40 bits per heavy atom. The van der Waals surface area contributed by atoms with E-state index in [9.17, 15) is 0 Å². The fourth-order valence-corrected chi connectivity index (χ4v) is 2.84. The number of aromatic nitrogens is 3. The van der Waals surface area contributed by atoms with Crippen molar-refractivity contribution >= 4 is 12.4 Å². The minimum Gasteiger partial charge on any atom is -0.324 e. The van der Waals surface area contributed by atoms with Crippen LogP contribution in [-0.4, -0.2) is 14.8 Å². The van der Waals surface area contributed by atoms with Gasteiger partial charge in [-0.3, -0.25) is 4.98 Å². The van der Waals surface area contributed by atoms with E-state index in [0.29, 0.717) is 5.41 Å². The van der Waals surface area contributed by atoms with Crippen LogP contribution in [0.4, 0.5) is 0 Å². The van der Waals surface area contributed by atoms with Gasteiger partial charge in [0, 0.05) is 35.1 Å². The van der Waals surface area contributed by atoms with Crippen molar-refractivity contribution in [2.75, 3.05) is 0 Å². The van der Waals surface area contributed by atoms with E-state index in [0.717, 1.165) is 24.2 Å². The van der Waals surface area contributed by atoms with Crippen molar-refractivity contribution in [1.82, 2.24) is 14.8 Å². The number of nitrogens with two attached hydrogens (primary N) is 1. The lowest BCUT2D eigenvalue weighted by Gasteiger charge is -2.09. The van der Waals surface area contributed by atoms with E-state index in [4.69, 9.17) is 5.73 Å². The monoisotopic (exact) mass is 290 g/mol. The third-order valence-electron chi connectivity index (χ3n) is 4.54. The predicted octanol–water partition coefficient (Wildman–Crippen LogP) is 2.69. The Kier molecular flexibility index (Phi) is 3.10. The average Bonchev–Trinajstić information content (AvgIpc) is 2.90. The van der Waals surface area contributed by atoms with Crippen LogP contribution in [0.2, 0.25) is 0 Å². The van der Waals surface area contributed by atoms with Gasteiger partial charge >= 0.3 is 0 Å². The van der Waals surface area contributed by atoms with Gasteiger partial charge in [0.25, 0.3) is 0 Å². The number of nitrogens with zero attached hydrogens (tertiary/aromatic N) is 3. The smallest absolute Gasteiger partial charge is 0.0679 e. The van der Waals surface area contributed by atoms with E-state index in [2.05, 4.69) is 29.3 Å². The summed E-state index contributed by atoms with van der Waals surface area (Å²) in [5.74, 6) is 0. The van der Waals surface area contributed by atoms with Gasteiger partial charge in [-0.1, -0.05) is 6.92 Å². The molecule has 0 spiro atoms. The van der Waals surface area contributed by atoms with Crippen molar-refractivity contribution in [2.45, 2.75) is 44.1 Å². The van der Waals surface area contributed by atoms with Crippen molar-refractivity contribution in [2.24, 2.45) is 5.73 Å². The highest BCUT2D eigenvalue weighted by atomic mass is 35.5. The highest BCUT2D eigenvalue weighted by Gasteiger charge is 2.40. The summed E-state index contributed by atoms with van der Waals surface area (Å²) in [4.78, 5) is 4.51. The van der Waals surface area contributed by atoms with Gasteiger partial charge in [0.15, 0.2) is 0 Å². The lowest BCUT2D eigenvalue weighted by Crippen LogP contribution is -2.07. The minimum absolute atomic E-state index is 0. The number of halogens is 1. The highest BCUT2D eigenvalue weighted by Crippen LogP contribution is 2.46. The van der Waals surface area contributed by atoms with Gasteiger partial charge in [-0.05, 0) is 37.8 Å². The first-order valence-corrected chi connectivity index (χ1v) is 6.97. The Morgan fingerprint density at radius 3 is 2.90 bits per heavy atom. The quantitative estimate of drug-likeness (QED) is 0.925. The number of rotatable bonds is 2. The van der Waals surface area contributed by atoms with Crippen molar-refractivity contribution < 1.29 is 0 Å². The molecule has 1 unspecified atom stereocenters. The Hall–Kier alpha value is -1.39.